The molecular formula is C22H24FN7O3S. The number of halogens is 1. The Bertz CT molecular complexity index is 1190. The van der Waals surface area contributed by atoms with Crippen molar-refractivity contribution in [1.82, 2.24) is 15.4 Å². The Morgan fingerprint density at radius 1 is 1.26 bits per heavy atom. The molecule has 34 heavy (non-hydrogen) atoms. The smallest absolute Gasteiger partial charge is 0.414 e. The zero-order valence-electron chi connectivity index (χ0n) is 18.2. The molecule has 0 saturated carbocycles. The standard InChI is InChI=1S/C22H24FN7O3S/c23-16-11-14(29-13-15(12-24)33-22(29)32)5-6-18(16)28-8-7-25-30(10-9-28)21(31)27-20-26-17-3-1-2-4-19(17)34-20/h1-6,11,15,25H,7-10,12-13,24H2,(H,26,27,31)/t15-/m0/s1. The fraction of sp³-hybridized carbons (Fsp3) is 0.318. The van der Waals surface area contributed by atoms with Crippen molar-refractivity contribution in [3.8, 4) is 0 Å². The fourth-order valence-electron chi connectivity index (χ4n) is 4.01. The van der Waals surface area contributed by atoms with Crippen molar-refractivity contribution >= 4 is 50.2 Å². The number of thiazole rings is 1. The zero-order valence-corrected chi connectivity index (χ0v) is 19.1. The number of nitrogens with zero attached hydrogens (tertiary/aromatic N) is 4. The van der Waals surface area contributed by atoms with E-state index < -0.39 is 18.0 Å². The molecule has 2 aromatic carbocycles. The molecule has 1 aromatic heterocycles. The Hall–Kier alpha value is -3.48. The third-order valence-electron chi connectivity index (χ3n) is 5.75. The largest absolute Gasteiger partial charge is 0.443 e. The van der Waals surface area contributed by atoms with Gasteiger partial charge in [-0.2, -0.15) is 0 Å². The molecule has 3 heterocycles. The summed E-state index contributed by atoms with van der Waals surface area (Å²) in [5.41, 5.74) is 10.3. The Kier molecular flexibility index (Phi) is 6.18. The van der Waals surface area contributed by atoms with Crippen LogP contribution in [0.25, 0.3) is 10.2 Å². The first-order valence-corrected chi connectivity index (χ1v) is 11.7. The first-order valence-electron chi connectivity index (χ1n) is 10.9. The average Bonchev–Trinajstić information content (AvgIpc) is 3.32. The number of benzene rings is 2. The average molecular weight is 486 g/mol. The van der Waals surface area contributed by atoms with Crippen LogP contribution >= 0.6 is 11.3 Å². The van der Waals surface area contributed by atoms with Crippen molar-refractivity contribution in [2.45, 2.75) is 6.10 Å². The van der Waals surface area contributed by atoms with Gasteiger partial charge in [-0.3, -0.25) is 15.2 Å². The lowest BCUT2D eigenvalue weighted by Crippen LogP contribution is -2.46. The van der Waals surface area contributed by atoms with Crippen LogP contribution in [0.2, 0.25) is 0 Å². The van der Waals surface area contributed by atoms with Crippen molar-refractivity contribution in [2.24, 2.45) is 5.73 Å². The highest BCUT2D eigenvalue weighted by Crippen LogP contribution is 2.28. The SMILES string of the molecule is NC[C@H]1CN(c2ccc(N3CCNN(C(=O)Nc4nc5ccccc5s4)CC3)c(F)c2)C(=O)O1. The van der Waals surface area contributed by atoms with E-state index in [9.17, 15) is 9.59 Å². The second-order valence-electron chi connectivity index (χ2n) is 7.95. The van der Waals surface area contributed by atoms with E-state index in [4.69, 9.17) is 10.5 Å². The number of fused-ring (bicyclic) bond motifs is 1. The Balaban J connectivity index is 1.23. The van der Waals surface area contributed by atoms with Crippen LogP contribution in [-0.4, -0.2) is 67.5 Å². The minimum Gasteiger partial charge on any atom is -0.443 e. The van der Waals surface area contributed by atoms with Crippen molar-refractivity contribution in [3.05, 3.63) is 48.3 Å². The summed E-state index contributed by atoms with van der Waals surface area (Å²) in [6, 6.07) is 12.0. The summed E-state index contributed by atoms with van der Waals surface area (Å²) in [5.74, 6) is -0.450. The number of ether oxygens (including phenoxy) is 1. The first-order chi connectivity index (χ1) is 16.5. The number of hydrazine groups is 1. The predicted molar refractivity (Wildman–Crippen MR) is 129 cm³/mol. The maximum atomic E-state index is 15.0. The number of aromatic nitrogens is 1. The van der Waals surface area contributed by atoms with Gasteiger partial charge in [0.1, 0.15) is 11.9 Å². The van der Waals surface area contributed by atoms with Gasteiger partial charge in [0.15, 0.2) is 5.13 Å². The summed E-state index contributed by atoms with van der Waals surface area (Å²) in [5, 5.41) is 4.83. The molecule has 0 bridgehead atoms. The van der Waals surface area contributed by atoms with Crippen molar-refractivity contribution < 1.29 is 18.7 Å². The van der Waals surface area contributed by atoms with Crippen LogP contribution in [0.4, 0.5) is 30.5 Å². The molecule has 2 fully saturated rings. The highest BCUT2D eigenvalue weighted by Gasteiger charge is 2.32. The van der Waals surface area contributed by atoms with E-state index >= 15 is 4.39 Å². The summed E-state index contributed by atoms with van der Waals surface area (Å²) >= 11 is 1.41. The molecular weight excluding hydrogens is 461 g/mol. The molecule has 0 aliphatic carbocycles. The molecule has 0 radical (unpaired) electrons. The van der Waals surface area contributed by atoms with Crippen LogP contribution in [0, 0.1) is 5.82 Å². The van der Waals surface area contributed by atoms with Crippen LogP contribution in [-0.2, 0) is 4.74 Å². The second-order valence-corrected chi connectivity index (χ2v) is 8.98. The monoisotopic (exact) mass is 485 g/mol. The van der Waals surface area contributed by atoms with Crippen LogP contribution in [0.1, 0.15) is 0 Å². The van der Waals surface area contributed by atoms with E-state index in [1.807, 2.05) is 29.2 Å². The normalized spacial score (nSPS) is 18.8. The molecule has 10 nitrogen and oxygen atoms in total. The topological polar surface area (TPSA) is 116 Å². The van der Waals surface area contributed by atoms with E-state index in [1.54, 1.807) is 12.1 Å². The van der Waals surface area contributed by atoms with E-state index in [2.05, 4.69) is 15.7 Å². The number of nitrogens with one attached hydrogen (secondary N) is 2. The van der Waals surface area contributed by atoms with Crippen LogP contribution in [0.5, 0.6) is 0 Å². The quantitative estimate of drug-likeness (QED) is 0.520. The van der Waals surface area contributed by atoms with Gasteiger partial charge in [-0.05, 0) is 30.3 Å². The highest BCUT2D eigenvalue weighted by molar-refractivity contribution is 7.22. The maximum absolute atomic E-state index is 15.0. The Morgan fingerprint density at radius 3 is 2.88 bits per heavy atom. The molecule has 3 amide bonds. The Labute approximate surface area is 199 Å². The van der Waals surface area contributed by atoms with Crippen LogP contribution in [0.3, 0.4) is 0 Å². The number of para-hydroxylation sites is 1. The number of rotatable bonds is 4. The van der Waals surface area contributed by atoms with Gasteiger partial charge in [-0.25, -0.2) is 24.4 Å². The van der Waals surface area contributed by atoms with E-state index in [0.29, 0.717) is 49.2 Å². The number of cyclic esters (lactones) is 1. The van der Waals surface area contributed by atoms with Crippen molar-refractivity contribution in [1.29, 1.82) is 0 Å². The molecule has 3 aromatic rings. The number of carbonyl (C=O) groups is 2. The third-order valence-corrected chi connectivity index (χ3v) is 6.70. The first kappa shape index (κ1) is 22.3. The molecule has 2 aliphatic heterocycles. The number of nitrogens with two attached hydrogens (primary N) is 1. The van der Waals surface area contributed by atoms with Gasteiger partial charge < -0.3 is 15.4 Å². The Morgan fingerprint density at radius 2 is 2.12 bits per heavy atom. The minimum atomic E-state index is -0.531. The number of hydrogen-bond acceptors (Lipinski definition) is 8. The van der Waals surface area contributed by atoms with E-state index in [1.165, 1.54) is 27.3 Å². The van der Waals surface area contributed by atoms with E-state index in [-0.39, 0.29) is 12.6 Å². The molecule has 12 heteroatoms. The summed E-state index contributed by atoms with van der Waals surface area (Å²) in [6.07, 6.45) is -0.928. The van der Waals surface area contributed by atoms with Crippen molar-refractivity contribution in [3.63, 3.8) is 0 Å². The van der Waals surface area contributed by atoms with Gasteiger partial charge in [0.2, 0.25) is 0 Å². The molecule has 178 valence electrons. The second kappa shape index (κ2) is 9.41. The number of urea groups is 1. The summed E-state index contributed by atoms with van der Waals surface area (Å²) in [6.45, 7) is 2.23. The molecule has 4 N–H and O–H groups in total. The molecule has 5 rings (SSSR count). The van der Waals surface area contributed by atoms with Gasteiger partial charge in [0.05, 0.1) is 34.7 Å². The summed E-state index contributed by atoms with van der Waals surface area (Å²) in [7, 11) is 0. The maximum Gasteiger partial charge on any atom is 0.414 e. The third kappa shape index (κ3) is 4.47. The van der Waals surface area contributed by atoms with Gasteiger partial charge in [0, 0.05) is 26.2 Å². The van der Waals surface area contributed by atoms with Gasteiger partial charge in [-0.1, -0.05) is 23.5 Å². The van der Waals surface area contributed by atoms with Crippen LogP contribution < -0.4 is 26.3 Å². The lowest BCUT2D eigenvalue weighted by atomic mass is 10.2. The molecule has 0 spiro atoms. The van der Waals surface area contributed by atoms with E-state index in [0.717, 1.165) is 10.2 Å². The molecule has 0 unspecified atom stereocenters. The predicted octanol–water partition coefficient (Wildman–Crippen LogP) is 2.58. The highest BCUT2D eigenvalue weighted by atomic mass is 32.1. The number of anilines is 3. The molecule has 1 atom stereocenters. The summed E-state index contributed by atoms with van der Waals surface area (Å²) < 4.78 is 21.1. The lowest BCUT2D eigenvalue weighted by molar-refractivity contribution is 0.145. The number of carbonyl (C=O) groups excluding carboxylic acids is 2. The molecule has 2 saturated heterocycles. The fourth-order valence-corrected chi connectivity index (χ4v) is 4.86. The zero-order chi connectivity index (χ0) is 23.7. The van der Waals surface area contributed by atoms with Crippen LogP contribution in [0.15, 0.2) is 42.5 Å². The van der Waals surface area contributed by atoms with Gasteiger partial charge in [-0.15, -0.1) is 0 Å². The minimum absolute atomic E-state index is 0.215. The number of amides is 3. The molecule has 2 aliphatic rings. The van der Waals surface area contributed by atoms with Crippen molar-refractivity contribution in [2.75, 3.05) is 54.4 Å². The van der Waals surface area contributed by atoms with Gasteiger partial charge in [0.25, 0.3) is 0 Å². The summed E-state index contributed by atoms with van der Waals surface area (Å²) in [4.78, 5) is 32.4. The number of hydrogen-bond donors (Lipinski definition) is 3. The lowest BCUT2D eigenvalue weighted by Gasteiger charge is -2.24. The van der Waals surface area contributed by atoms with Gasteiger partial charge >= 0.3 is 12.1 Å².